The maximum Gasteiger partial charge on any atom is 0.120 e. The average Bonchev–Trinajstić information content (AvgIpc) is 2.16. The predicted octanol–water partition coefficient (Wildman–Crippen LogP) is 2.49. The van der Waals surface area contributed by atoms with Crippen molar-refractivity contribution in [3.05, 3.63) is 29.3 Å². The van der Waals surface area contributed by atoms with Crippen LogP contribution >= 0.6 is 12.4 Å². The number of hydrogen-bond donors (Lipinski definition) is 3. The van der Waals surface area contributed by atoms with Crippen molar-refractivity contribution in [2.75, 3.05) is 6.61 Å². The SMILES string of the molecule is CC(C)(C)c1ccc(O)c(C(N)CCO)c1.Cl. The van der Waals surface area contributed by atoms with Gasteiger partial charge in [0.1, 0.15) is 5.75 Å². The molecule has 0 bridgehead atoms. The van der Waals surface area contributed by atoms with Crippen molar-refractivity contribution in [3.8, 4) is 5.75 Å². The number of nitrogens with two attached hydrogens (primary N) is 1. The minimum Gasteiger partial charge on any atom is -0.508 e. The van der Waals surface area contributed by atoms with Gasteiger partial charge in [-0.05, 0) is 23.5 Å². The van der Waals surface area contributed by atoms with Crippen molar-refractivity contribution in [3.63, 3.8) is 0 Å². The van der Waals surface area contributed by atoms with E-state index in [0.717, 1.165) is 5.56 Å². The fourth-order valence-electron chi connectivity index (χ4n) is 1.61. The predicted molar refractivity (Wildman–Crippen MR) is 72.7 cm³/mol. The van der Waals surface area contributed by atoms with Gasteiger partial charge < -0.3 is 15.9 Å². The highest BCUT2D eigenvalue weighted by Gasteiger charge is 2.17. The fourth-order valence-corrected chi connectivity index (χ4v) is 1.61. The second kappa shape index (κ2) is 6.24. The summed E-state index contributed by atoms with van der Waals surface area (Å²) in [6.45, 7) is 6.36. The summed E-state index contributed by atoms with van der Waals surface area (Å²) < 4.78 is 0. The summed E-state index contributed by atoms with van der Waals surface area (Å²) in [7, 11) is 0. The van der Waals surface area contributed by atoms with E-state index in [4.69, 9.17) is 10.8 Å². The average molecular weight is 260 g/mol. The summed E-state index contributed by atoms with van der Waals surface area (Å²) in [6, 6.07) is 5.19. The molecule has 0 amide bonds. The lowest BCUT2D eigenvalue weighted by Crippen LogP contribution is -2.15. The Kier molecular flexibility index (Phi) is 5.96. The molecule has 0 spiro atoms. The number of hydrogen-bond acceptors (Lipinski definition) is 3. The highest BCUT2D eigenvalue weighted by atomic mass is 35.5. The van der Waals surface area contributed by atoms with Gasteiger partial charge in [0.05, 0.1) is 0 Å². The van der Waals surface area contributed by atoms with Crippen molar-refractivity contribution in [2.24, 2.45) is 5.73 Å². The molecular weight excluding hydrogens is 238 g/mol. The van der Waals surface area contributed by atoms with Crippen molar-refractivity contribution in [1.82, 2.24) is 0 Å². The van der Waals surface area contributed by atoms with Crippen LogP contribution in [-0.2, 0) is 5.41 Å². The van der Waals surface area contributed by atoms with Crippen LogP contribution in [0.15, 0.2) is 18.2 Å². The third-order valence-electron chi connectivity index (χ3n) is 2.73. The molecule has 3 nitrogen and oxygen atoms in total. The number of phenols is 1. The summed E-state index contributed by atoms with van der Waals surface area (Å²) in [5.74, 6) is 0.203. The standard InChI is InChI=1S/C13H21NO2.ClH/c1-13(2,3)9-4-5-12(16)10(8-9)11(14)6-7-15;/h4-5,8,11,15-16H,6-7,14H2,1-3H3;1H. The van der Waals surface area contributed by atoms with Crippen LogP contribution in [0.5, 0.6) is 5.75 Å². The van der Waals surface area contributed by atoms with Gasteiger partial charge in [-0.1, -0.05) is 32.9 Å². The molecule has 0 aliphatic carbocycles. The lowest BCUT2D eigenvalue weighted by atomic mass is 9.85. The molecule has 4 heteroatoms. The molecule has 1 aromatic carbocycles. The third kappa shape index (κ3) is 4.19. The molecule has 0 heterocycles. The smallest absolute Gasteiger partial charge is 0.120 e. The summed E-state index contributed by atoms with van der Waals surface area (Å²) in [6.07, 6.45) is 0.459. The Labute approximate surface area is 109 Å². The molecule has 98 valence electrons. The second-order valence-corrected chi connectivity index (χ2v) is 5.14. The van der Waals surface area contributed by atoms with Crippen LogP contribution in [0.2, 0.25) is 0 Å². The highest BCUT2D eigenvalue weighted by molar-refractivity contribution is 5.85. The van der Waals surface area contributed by atoms with Crippen LogP contribution in [0, 0.1) is 0 Å². The van der Waals surface area contributed by atoms with Crippen LogP contribution in [-0.4, -0.2) is 16.8 Å². The maximum absolute atomic E-state index is 9.74. The van der Waals surface area contributed by atoms with Gasteiger partial charge in [0.25, 0.3) is 0 Å². The Hall–Kier alpha value is -0.770. The normalized spacial score (nSPS) is 13.0. The second-order valence-electron chi connectivity index (χ2n) is 5.14. The largest absolute Gasteiger partial charge is 0.508 e. The van der Waals surface area contributed by atoms with E-state index in [1.165, 1.54) is 0 Å². The van der Waals surface area contributed by atoms with Gasteiger partial charge in [-0.3, -0.25) is 0 Å². The number of benzene rings is 1. The fraction of sp³-hybridized carbons (Fsp3) is 0.538. The first-order valence-corrected chi connectivity index (χ1v) is 5.56. The summed E-state index contributed by atoms with van der Waals surface area (Å²) in [4.78, 5) is 0. The van der Waals surface area contributed by atoms with Crippen LogP contribution in [0.25, 0.3) is 0 Å². The molecule has 0 fully saturated rings. The topological polar surface area (TPSA) is 66.5 Å². The molecule has 1 rings (SSSR count). The highest BCUT2D eigenvalue weighted by Crippen LogP contribution is 2.30. The van der Waals surface area contributed by atoms with E-state index in [0.29, 0.717) is 12.0 Å². The van der Waals surface area contributed by atoms with Crippen LogP contribution in [0.4, 0.5) is 0 Å². The van der Waals surface area contributed by atoms with Crippen molar-refractivity contribution < 1.29 is 10.2 Å². The quantitative estimate of drug-likeness (QED) is 0.781. The molecule has 0 aliphatic rings. The Morgan fingerprint density at radius 2 is 1.88 bits per heavy atom. The van der Waals surface area contributed by atoms with Gasteiger partial charge in [-0.25, -0.2) is 0 Å². The molecule has 4 N–H and O–H groups in total. The van der Waals surface area contributed by atoms with Crippen molar-refractivity contribution in [2.45, 2.75) is 38.6 Å². The van der Waals surface area contributed by atoms with E-state index in [2.05, 4.69) is 20.8 Å². The Morgan fingerprint density at radius 3 is 2.35 bits per heavy atom. The van der Waals surface area contributed by atoms with E-state index in [1.807, 2.05) is 12.1 Å². The number of phenolic OH excluding ortho intramolecular Hbond substituents is 1. The Morgan fingerprint density at radius 1 is 1.29 bits per heavy atom. The van der Waals surface area contributed by atoms with Gasteiger partial charge in [-0.15, -0.1) is 12.4 Å². The van der Waals surface area contributed by atoms with E-state index >= 15 is 0 Å². The van der Waals surface area contributed by atoms with E-state index < -0.39 is 0 Å². The minimum atomic E-state index is -0.313. The van der Waals surface area contributed by atoms with Crippen molar-refractivity contribution >= 4 is 12.4 Å². The van der Waals surface area contributed by atoms with Gasteiger partial charge in [0.2, 0.25) is 0 Å². The molecule has 0 aromatic heterocycles. The van der Waals surface area contributed by atoms with Gasteiger partial charge in [0.15, 0.2) is 0 Å². The maximum atomic E-state index is 9.74. The first kappa shape index (κ1) is 16.2. The lowest BCUT2D eigenvalue weighted by molar-refractivity contribution is 0.275. The molecule has 0 aliphatic heterocycles. The van der Waals surface area contributed by atoms with E-state index in [1.54, 1.807) is 6.07 Å². The van der Waals surface area contributed by atoms with Crippen molar-refractivity contribution in [1.29, 1.82) is 0 Å². The number of rotatable bonds is 3. The number of halogens is 1. The summed E-state index contributed by atoms with van der Waals surface area (Å²) >= 11 is 0. The minimum absolute atomic E-state index is 0. The van der Waals surface area contributed by atoms with E-state index in [9.17, 15) is 5.11 Å². The summed E-state index contributed by atoms with van der Waals surface area (Å²) in [5, 5.41) is 18.6. The first-order valence-electron chi connectivity index (χ1n) is 5.56. The monoisotopic (exact) mass is 259 g/mol. The molecule has 17 heavy (non-hydrogen) atoms. The third-order valence-corrected chi connectivity index (χ3v) is 2.73. The van der Waals surface area contributed by atoms with E-state index in [-0.39, 0.29) is 36.2 Å². The van der Waals surface area contributed by atoms with Crippen LogP contribution < -0.4 is 5.73 Å². The molecule has 0 saturated carbocycles. The zero-order valence-corrected chi connectivity index (χ0v) is 11.4. The molecule has 1 atom stereocenters. The zero-order chi connectivity index (χ0) is 12.3. The number of aliphatic hydroxyl groups excluding tert-OH is 1. The molecule has 0 saturated heterocycles. The van der Waals surface area contributed by atoms with Gasteiger partial charge >= 0.3 is 0 Å². The Bertz CT molecular complexity index is 361. The molecular formula is C13H22ClNO2. The summed E-state index contributed by atoms with van der Waals surface area (Å²) in [5.41, 5.74) is 7.77. The molecule has 1 unspecified atom stereocenters. The lowest BCUT2D eigenvalue weighted by Gasteiger charge is -2.22. The first-order chi connectivity index (χ1) is 7.36. The van der Waals surface area contributed by atoms with Gasteiger partial charge in [-0.2, -0.15) is 0 Å². The molecule has 1 aromatic rings. The van der Waals surface area contributed by atoms with Crippen LogP contribution in [0.1, 0.15) is 44.4 Å². The molecule has 0 radical (unpaired) electrons. The van der Waals surface area contributed by atoms with Crippen LogP contribution in [0.3, 0.4) is 0 Å². The Balaban J connectivity index is 0.00000256. The number of aliphatic hydroxyl groups is 1. The van der Waals surface area contributed by atoms with Gasteiger partial charge in [0, 0.05) is 18.2 Å². The number of aromatic hydroxyl groups is 1. The zero-order valence-electron chi connectivity index (χ0n) is 10.6.